The smallest absolute Gasteiger partial charge is 0.264 e. The number of nitrogens with zero attached hydrogens (tertiary/aromatic N) is 1. The molecule has 1 amide bonds. The van der Waals surface area contributed by atoms with Gasteiger partial charge in [-0.05, 0) is 92.4 Å². The van der Waals surface area contributed by atoms with Crippen molar-refractivity contribution in [1.29, 1.82) is 0 Å². The molecule has 3 aromatic rings. The summed E-state index contributed by atoms with van der Waals surface area (Å²) in [5.74, 6) is 0.141. The Hall–Kier alpha value is -2.68. The highest BCUT2D eigenvalue weighted by Gasteiger charge is 2.27. The summed E-state index contributed by atoms with van der Waals surface area (Å²) in [5.41, 5.74) is 1.70. The van der Waals surface area contributed by atoms with Crippen LogP contribution in [0.25, 0.3) is 0 Å². The van der Waals surface area contributed by atoms with E-state index in [0.29, 0.717) is 28.8 Å². The lowest BCUT2D eigenvalue weighted by molar-refractivity contribution is -0.114. The van der Waals surface area contributed by atoms with Gasteiger partial charge in [-0.15, -0.1) is 11.8 Å². The van der Waals surface area contributed by atoms with E-state index < -0.39 is 22.5 Å². The maximum Gasteiger partial charge on any atom is 0.264 e. The van der Waals surface area contributed by atoms with Crippen molar-refractivity contribution >= 4 is 50.7 Å². The zero-order chi connectivity index (χ0) is 24.0. The summed E-state index contributed by atoms with van der Waals surface area (Å²) in [4.78, 5) is 13.9. The Morgan fingerprint density at radius 1 is 1.06 bits per heavy atom. The molecule has 33 heavy (non-hydrogen) atoms. The van der Waals surface area contributed by atoms with Gasteiger partial charge in [-0.3, -0.25) is 9.10 Å². The van der Waals surface area contributed by atoms with Gasteiger partial charge in [-0.2, -0.15) is 0 Å². The van der Waals surface area contributed by atoms with E-state index in [1.54, 1.807) is 66.7 Å². The van der Waals surface area contributed by atoms with E-state index in [2.05, 4.69) is 5.32 Å². The zero-order valence-electron chi connectivity index (χ0n) is 18.5. The number of carbonyl (C=O) groups excluding carboxylic acids is 1. The summed E-state index contributed by atoms with van der Waals surface area (Å²) in [6, 6.07) is 18.3. The average Bonchev–Trinajstić information content (AvgIpc) is 2.80. The maximum absolute atomic E-state index is 13.5. The summed E-state index contributed by atoms with van der Waals surface area (Å²) in [6.07, 6.45) is 1.92. The number of benzene rings is 3. The van der Waals surface area contributed by atoms with Gasteiger partial charge in [0, 0.05) is 15.6 Å². The molecule has 0 unspecified atom stereocenters. The van der Waals surface area contributed by atoms with Crippen LogP contribution in [-0.4, -0.2) is 33.7 Å². The van der Waals surface area contributed by atoms with Crippen molar-refractivity contribution < 1.29 is 17.9 Å². The third-order valence-corrected chi connectivity index (χ3v) is 7.60. The molecule has 1 N–H and O–H groups in total. The van der Waals surface area contributed by atoms with Crippen molar-refractivity contribution in [2.24, 2.45) is 0 Å². The van der Waals surface area contributed by atoms with E-state index in [4.69, 9.17) is 16.3 Å². The van der Waals surface area contributed by atoms with Gasteiger partial charge in [0.15, 0.2) is 0 Å². The topological polar surface area (TPSA) is 75.7 Å². The first-order valence-electron chi connectivity index (χ1n) is 10.2. The zero-order valence-corrected chi connectivity index (χ0v) is 20.9. The lowest BCUT2D eigenvalue weighted by Gasteiger charge is -2.24. The Morgan fingerprint density at radius 3 is 2.30 bits per heavy atom. The number of aryl methyl sites for hydroxylation is 1. The third-order valence-electron chi connectivity index (χ3n) is 4.83. The number of nitrogens with one attached hydrogen (secondary N) is 1. The van der Waals surface area contributed by atoms with Gasteiger partial charge in [-0.1, -0.05) is 11.6 Å². The molecule has 0 saturated carbocycles. The highest BCUT2D eigenvalue weighted by molar-refractivity contribution is 7.98. The van der Waals surface area contributed by atoms with Gasteiger partial charge in [-0.25, -0.2) is 8.42 Å². The fraction of sp³-hybridized carbons (Fsp3) is 0.208. The van der Waals surface area contributed by atoms with Crippen LogP contribution in [0.1, 0.15) is 12.5 Å². The maximum atomic E-state index is 13.5. The summed E-state index contributed by atoms with van der Waals surface area (Å²) < 4.78 is 33.6. The second kappa shape index (κ2) is 11.0. The average molecular weight is 505 g/mol. The molecule has 0 aliphatic carbocycles. The molecular weight excluding hydrogens is 480 g/mol. The number of halogens is 1. The van der Waals surface area contributed by atoms with Crippen LogP contribution in [0.5, 0.6) is 5.75 Å². The second-order valence-electron chi connectivity index (χ2n) is 7.12. The molecule has 3 rings (SSSR count). The van der Waals surface area contributed by atoms with Crippen LogP contribution in [0, 0.1) is 6.92 Å². The number of rotatable bonds is 9. The van der Waals surface area contributed by atoms with Crippen molar-refractivity contribution in [3.05, 3.63) is 77.3 Å². The number of anilines is 2. The minimum Gasteiger partial charge on any atom is -0.494 e. The van der Waals surface area contributed by atoms with Crippen molar-refractivity contribution in [3.63, 3.8) is 0 Å². The largest absolute Gasteiger partial charge is 0.494 e. The van der Waals surface area contributed by atoms with Crippen LogP contribution in [-0.2, 0) is 14.8 Å². The molecule has 174 valence electrons. The molecule has 0 atom stereocenters. The first-order valence-corrected chi connectivity index (χ1v) is 13.2. The third kappa shape index (κ3) is 6.22. The summed E-state index contributed by atoms with van der Waals surface area (Å²) >= 11 is 7.51. The van der Waals surface area contributed by atoms with E-state index in [1.165, 1.54) is 11.8 Å². The predicted octanol–water partition coefficient (Wildman–Crippen LogP) is 5.60. The van der Waals surface area contributed by atoms with Crippen LogP contribution in [0.15, 0.2) is 76.5 Å². The van der Waals surface area contributed by atoms with Crippen LogP contribution < -0.4 is 14.4 Å². The quantitative estimate of drug-likeness (QED) is 0.384. The molecule has 3 aromatic carbocycles. The first kappa shape index (κ1) is 25.0. The van der Waals surface area contributed by atoms with E-state index in [9.17, 15) is 13.2 Å². The molecule has 6 nitrogen and oxygen atoms in total. The van der Waals surface area contributed by atoms with Crippen molar-refractivity contribution in [2.75, 3.05) is 29.0 Å². The van der Waals surface area contributed by atoms with Crippen LogP contribution >= 0.6 is 23.4 Å². The minimum absolute atomic E-state index is 0.102. The van der Waals surface area contributed by atoms with E-state index in [-0.39, 0.29) is 4.90 Å². The number of thioether (sulfide) groups is 1. The predicted molar refractivity (Wildman–Crippen MR) is 135 cm³/mol. The van der Waals surface area contributed by atoms with Crippen LogP contribution in [0.2, 0.25) is 5.02 Å². The molecule has 9 heteroatoms. The van der Waals surface area contributed by atoms with Gasteiger partial charge >= 0.3 is 0 Å². The Labute approximate surface area is 204 Å². The van der Waals surface area contributed by atoms with Crippen LogP contribution in [0.3, 0.4) is 0 Å². The fourth-order valence-corrected chi connectivity index (χ4v) is 5.21. The van der Waals surface area contributed by atoms with Gasteiger partial charge < -0.3 is 10.1 Å². The van der Waals surface area contributed by atoms with Gasteiger partial charge in [0.05, 0.1) is 17.2 Å². The highest BCUT2D eigenvalue weighted by Crippen LogP contribution is 2.27. The van der Waals surface area contributed by atoms with Crippen LogP contribution in [0.4, 0.5) is 11.4 Å². The SMILES string of the molecule is CCOc1ccc(N(CC(=O)Nc2ccc(Cl)cc2C)S(=O)(=O)c2ccc(SC)cc2)cc1. The number of sulfonamides is 1. The Balaban J connectivity index is 1.94. The molecule has 0 saturated heterocycles. The minimum atomic E-state index is -4.01. The van der Waals surface area contributed by atoms with Crippen molar-refractivity contribution in [2.45, 2.75) is 23.6 Å². The Morgan fingerprint density at radius 2 is 1.73 bits per heavy atom. The van der Waals surface area contributed by atoms with E-state index in [0.717, 1.165) is 14.8 Å². The number of amides is 1. The molecule has 0 aliphatic rings. The first-order chi connectivity index (χ1) is 15.7. The standard InChI is InChI=1S/C24H25ClN2O4S2/c1-4-31-20-8-6-19(7-9-20)27(33(29,30)22-12-10-21(32-3)11-13-22)16-24(28)26-23-14-5-18(25)15-17(23)2/h5-15H,4,16H2,1-3H3,(H,26,28). The second-order valence-corrected chi connectivity index (χ2v) is 10.3. The molecule has 0 aromatic heterocycles. The summed E-state index contributed by atoms with van der Waals surface area (Å²) in [5, 5.41) is 3.33. The van der Waals surface area contributed by atoms with Gasteiger partial charge in [0.1, 0.15) is 12.3 Å². The Kier molecular flexibility index (Phi) is 8.29. The summed E-state index contributed by atoms with van der Waals surface area (Å²) in [6.45, 7) is 3.77. The molecule has 0 bridgehead atoms. The normalized spacial score (nSPS) is 11.2. The molecule has 0 spiro atoms. The summed E-state index contributed by atoms with van der Waals surface area (Å²) in [7, 11) is -4.01. The van der Waals surface area contributed by atoms with Gasteiger partial charge in [0.2, 0.25) is 5.91 Å². The molecular formula is C24H25ClN2O4S2. The monoisotopic (exact) mass is 504 g/mol. The van der Waals surface area contributed by atoms with Crippen molar-refractivity contribution in [3.8, 4) is 5.75 Å². The number of ether oxygens (including phenoxy) is 1. The number of hydrogen-bond donors (Lipinski definition) is 1. The molecule has 0 fully saturated rings. The van der Waals surface area contributed by atoms with E-state index in [1.807, 2.05) is 20.1 Å². The molecule has 0 radical (unpaired) electrons. The van der Waals surface area contributed by atoms with Crippen molar-refractivity contribution in [1.82, 2.24) is 0 Å². The fourth-order valence-electron chi connectivity index (χ4n) is 3.15. The molecule has 0 aliphatic heterocycles. The lowest BCUT2D eigenvalue weighted by atomic mass is 10.2. The highest BCUT2D eigenvalue weighted by atomic mass is 35.5. The number of hydrogen-bond acceptors (Lipinski definition) is 5. The van der Waals surface area contributed by atoms with Gasteiger partial charge in [0.25, 0.3) is 10.0 Å². The van der Waals surface area contributed by atoms with E-state index >= 15 is 0 Å². The lowest BCUT2D eigenvalue weighted by Crippen LogP contribution is -2.38. The molecule has 0 heterocycles. The number of carbonyl (C=O) groups is 1. The Bertz CT molecular complexity index is 1210.